The van der Waals surface area contributed by atoms with Gasteiger partial charge in [-0.05, 0) is 37.3 Å². The first-order chi connectivity index (χ1) is 12.1. The maximum atomic E-state index is 12.1. The third-order valence-corrected chi connectivity index (χ3v) is 3.33. The van der Waals surface area contributed by atoms with Crippen molar-refractivity contribution in [3.63, 3.8) is 0 Å². The molecule has 0 aliphatic heterocycles. The van der Waals surface area contributed by atoms with E-state index in [0.29, 0.717) is 35.0 Å². The molecule has 25 heavy (non-hydrogen) atoms. The first kappa shape index (κ1) is 18.1. The third kappa shape index (κ3) is 4.63. The van der Waals surface area contributed by atoms with E-state index < -0.39 is 5.91 Å². The highest BCUT2D eigenvalue weighted by Gasteiger charge is 2.10. The number of methoxy groups -OCH3 is 2. The first-order valence-electron chi connectivity index (χ1n) is 7.60. The molecule has 0 aliphatic carbocycles. The largest absolute Gasteiger partial charge is 0.507 e. The van der Waals surface area contributed by atoms with E-state index in [9.17, 15) is 9.90 Å². The molecule has 0 unspecified atom stereocenters. The fourth-order valence-corrected chi connectivity index (χ4v) is 2.09. The topological polar surface area (TPSA) is 89.4 Å². The highest BCUT2D eigenvalue weighted by Crippen LogP contribution is 2.27. The normalized spacial score (nSPS) is 10.5. The Balaban J connectivity index is 2.05. The molecule has 1 amide bonds. The highest BCUT2D eigenvalue weighted by atomic mass is 16.5. The van der Waals surface area contributed by atoms with Crippen LogP contribution in [0.25, 0.3) is 0 Å². The second-order valence-corrected chi connectivity index (χ2v) is 4.92. The minimum Gasteiger partial charge on any atom is -0.507 e. The summed E-state index contributed by atoms with van der Waals surface area (Å²) in [5.41, 5.74) is 3.22. The van der Waals surface area contributed by atoms with Crippen molar-refractivity contribution in [1.82, 2.24) is 5.43 Å². The van der Waals surface area contributed by atoms with Gasteiger partial charge in [-0.3, -0.25) is 4.79 Å². The molecule has 0 spiro atoms. The summed E-state index contributed by atoms with van der Waals surface area (Å²) < 4.78 is 15.6. The lowest BCUT2D eigenvalue weighted by molar-refractivity contribution is 0.0954. The van der Waals surface area contributed by atoms with E-state index in [1.165, 1.54) is 26.5 Å². The minimum atomic E-state index is -0.414. The van der Waals surface area contributed by atoms with Crippen molar-refractivity contribution in [2.45, 2.75) is 6.92 Å². The number of nitrogens with zero attached hydrogens (tertiary/aromatic N) is 1. The summed E-state index contributed by atoms with van der Waals surface area (Å²) in [5.74, 6) is 1.13. The summed E-state index contributed by atoms with van der Waals surface area (Å²) in [7, 11) is 3.01. The van der Waals surface area contributed by atoms with Crippen molar-refractivity contribution in [1.29, 1.82) is 0 Å². The quantitative estimate of drug-likeness (QED) is 0.595. The average molecular weight is 344 g/mol. The van der Waals surface area contributed by atoms with Crippen molar-refractivity contribution in [3.05, 3.63) is 47.5 Å². The summed E-state index contributed by atoms with van der Waals surface area (Å²) in [5, 5.41) is 13.8. The van der Waals surface area contributed by atoms with E-state index >= 15 is 0 Å². The van der Waals surface area contributed by atoms with Crippen LogP contribution in [0.5, 0.6) is 23.0 Å². The van der Waals surface area contributed by atoms with Gasteiger partial charge in [0.25, 0.3) is 5.91 Å². The Morgan fingerprint density at radius 1 is 1.16 bits per heavy atom. The summed E-state index contributed by atoms with van der Waals surface area (Å²) in [6, 6.07) is 9.63. The van der Waals surface area contributed by atoms with Gasteiger partial charge in [-0.1, -0.05) is 0 Å². The molecule has 7 heteroatoms. The van der Waals surface area contributed by atoms with Crippen molar-refractivity contribution in [3.8, 4) is 23.0 Å². The van der Waals surface area contributed by atoms with E-state index in [2.05, 4.69) is 10.5 Å². The fraction of sp³-hybridized carbons (Fsp3) is 0.222. The van der Waals surface area contributed by atoms with Crippen LogP contribution in [-0.2, 0) is 0 Å². The standard InChI is InChI=1S/C18H20N2O5/c1-4-25-14-7-5-13(15(21)10-14)11-19-20-18(22)12-6-8-16(23-2)17(9-12)24-3/h5-11,21H,4H2,1-3H3,(H,20,22)/b19-11+. The lowest BCUT2D eigenvalue weighted by atomic mass is 10.2. The molecule has 0 atom stereocenters. The highest BCUT2D eigenvalue weighted by molar-refractivity contribution is 5.95. The number of aromatic hydroxyl groups is 1. The molecule has 0 aliphatic rings. The van der Waals surface area contributed by atoms with E-state index in [-0.39, 0.29) is 5.75 Å². The number of amides is 1. The van der Waals surface area contributed by atoms with Crippen LogP contribution in [0.1, 0.15) is 22.8 Å². The molecule has 0 saturated heterocycles. The second-order valence-electron chi connectivity index (χ2n) is 4.92. The maximum absolute atomic E-state index is 12.1. The number of phenolic OH excluding ortho intramolecular Hbond substituents is 1. The molecule has 0 heterocycles. The lowest BCUT2D eigenvalue weighted by Crippen LogP contribution is -2.17. The number of hydrogen-bond acceptors (Lipinski definition) is 6. The average Bonchev–Trinajstić information content (AvgIpc) is 2.63. The Morgan fingerprint density at radius 2 is 1.92 bits per heavy atom. The van der Waals surface area contributed by atoms with Gasteiger partial charge in [0.2, 0.25) is 0 Å². The Labute approximate surface area is 145 Å². The van der Waals surface area contributed by atoms with E-state index in [4.69, 9.17) is 14.2 Å². The molecule has 0 fully saturated rings. The molecule has 132 valence electrons. The van der Waals surface area contributed by atoms with Crippen LogP contribution in [0.2, 0.25) is 0 Å². The van der Waals surface area contributed by atoms with Crippen molar-refractivity contribution in [2.24, 2.45) is 5.10 Å². The van der Waals surface area contributed by atoms with Crippen LogP contribution in [0.3, 0.4) is 0 Å². The van der Waals surface area contributed by atoms with Gasteiger partial charge in [0.05, 0.1) is 27.0 Å². The number of carbonyl (C=O) groups is 1. The van der Waals surface area contributed by atoms with E-state index in [1.807, 2.05) is 6.92 Å². The zero-order chi connectivity index (χ0) is 18.2. The number of benzene rings is 2. The number of rotatable bonds is 7. The van der Waals surface area contributed by atoms with Crippen molar-refractivity contribution >= 4 is 12.1 Å². The molecular weight excluding hydrogens is 324 g/mol. The van der Waals surface area contributed by atoms with Crippen LogP contribution in [-0.4, -0.2) is 38.1 Å². The molecule has 0 saturated carbocycles. The SMILES string of the molecule is CCOc1ccc(/C=N/NC(=O)c2ccc(OC)c(OC)c2)c(O)c1. The van der Waals surface area contributed by atoms with E-state index in [0.717, 1.165) is 0 Å². The van der Waals surface area contributed by atoms with Gasteiger partial charge in [0, 0.05) is 17.2 Å². The predicted octanol–water partition coefficient (Wildman–Crippen LogP) is 2.57. The molecule has 2 rings (SSSR count). The number of phenols is 1. The summed E-state index contributed by atoms with van der Waals surface area (Å²) in [6.07, 6.45) is 1.35. The van der Waals surface area contributed by atoms with Gasteiger partial charge in [-0.15, -0.1) is 0 Å². The Kier molecular flexibility index (Phi) is 6.22. The second kappa shape index (κ2) is 8.58. The number of nitrogens with one attached hydrogen (secondary N) is 1. The minimum absolute atomic E-state index is 0.00932. The zero-order valence-electron chi connectivity index (χ0n) is 14.3. The zero-order valence-corrected chi connectivity index (χ0v) is 14.3. The fourth-order valence-electron chi connectivity index (χ4n) is 2.09. The van der Waals surface area contributed by atoms with E-state index in [1.54, 1.807) is 30.3 Å². The van der Waals surface area contributed by atoms with Crippen molar-refractivity contribution in [2.75, 3.05) is 20.8 Å². The Hall–Kier alpha value is -3.22. The Morgan fingerprint density at radius 3 is 2.56 bits per heavy atom. The third-order valence-electron chi connectivity index (χ3n) is 3.33. The molecule has 2 N–H and O–H groups in total. The predicted molar refractivity (Wildman–Crippen MR) is 93.9 cm³/mol. The molecule has 0 radical (unpaired) electrons. The van der Waals surface area contributed by atoms with Crippen LogP contribution in [0, 0.1) is 0 Å². The Bertz CT molecular complexity index is 774. The van der Waals surface area contributed by atoms with Gasteiger partial charge >= 0.3 is 0 Å². The van der Waals surface area contributed by atoms with Crippen LogP contribution in [0.15, 0.2) is 41.5 Å². The first-order valence-corrected chi connectivity index (χ1v) is 7.60. The van der Waals surface area contributed by atoms with Gasteiger partial charge in [-0.25, -0.2) is 5.43 Å². The van der Waals surface area contributed by atoms with Gasteiger partial charge in [-0.2, -0.15) is 5.10 Å². The van der Waals surface area contributed by atoms with Gasteiger partial charge in [0.15, 0.2) is 11.5 Å². The molecule has 2 aromatic carbocycles. The van der Waals surface area contributed by atoms with Gasteiger partial charge in [0.1, 0.15) is 11.5 Å². The molecule has 7 nitrogen and oxygen atoms in total. The summed E-state index contributed by atoms with van der Waals surface area (Å²) in [6.45, 7) is 2.37. The van der Waals surface area contributed by atoms with Crippen LogP contribution < -0.4 is 19.6 Å². The van der Waals surface area contributed by atoms with Gasteiger partial charge < -0.3 is 19.3 Å². The number of hydrogen-bond donors (Lipinski definition) is 2. The lowest BCUT2D eigenvalue weighted by Gasteiger charge is -2.08. The van der Waals surface area contributed by atoms with Crippen LogP contribution >= 0.6 is 0 Å². The maximum Gasteiger partial charge on any atom is 0.271 e. The monoisotopic (exact) mass is 344 g/mol. The number of hydrazone groups is 1. The summed E-state index contributed by atoms with van der Waals surface area (Å²) >= 11 is 0. The van der Waals surface area contributed by atoms with Crippen molar-refractivity contribution < 1.29 is 24.1 Å². The smallest absolute Gasteiger partial charge is 0.271 e. The number of carbonyl (C=O) groups excluding carboxylic acids is 1. The number of ether oxygens (including phenoxy) is 3. The molecule has 2 aromatic rings. The molecule has 0 bridgehead atoms. The van der Waals surface area contributed by atoms with Crippen LogP contribution in [0.4, 0.5) is 0 Å². The molecule has 0 aromatic heterocycles. The summed E-state index contributed by atoms with van der Waals surface area (Å²) in [4.78, 5) is 12.1. The molecular formula is C18H20N2O5.